The second kappa shape index (κ2) is 10.6. The summed E-state index contributed by atoms with van der Waals surface area (Å²) in [6, 6.07) is 10.3. The number of ether oxygens (including phenoxy) is 1. The monoisotopic (exact) mass is 528 g/mol. The zero-order valence-electron chi connectivity index (χ0n) is 21.7. The molecule has 1 unspecified atom stereocenters. The molecule has 2 fully saturated rings. The van der Waals surface area contributed by atoms with Crippen molar-refractivity contribution in [1.82, 2.24) is 14.6 Å². The minimum absolute atomic E-state index is 0.0384. The third-order valence-electron chi connectivity index (χ3n) is 7.61. The van der Waals surface area contributed by atoms with Crippen LogP contribution >= 0.6 is 0 Å². The number of nitrogens with one attached hydrogen (secondary N) is 2. The highest BCUT2D eigenvalue weighted by Gasteiger charge is 2.39. The van der Waals surface area contributed by atoms with Gasteiger partial charge in [-0.05, 0) is 83.1 Å². The molecule has 1 amide bonds. The number of amides is 1. The molecule has 1 atom stereocenters. The minimum atomic E-state index is -3.64. The van der Waals surface area contributed by atoms with E-state index >= 15 is 0 Å². The van der Waals surface area contributed by atoms with Crippen LogP contribution in [0.4, 0.5) is 23.0 Å². The summed E-state index contributed by atoms with van der Waals surface area (Å²) in [5.41, 5.74) is 1.39. The Balaban J connectivity index is 1.38. The molecule has 37 heavy (non-hydrogen) atoms. The van der Waals surface area contributed by atoms with Crippen LogP contribution in [0.3, 0.4) is 0 Å². The molecule has 1 aromatic carbocycles. The number of anilines is 4. The van der Waals surface area contributed by atoms with E-state index < -0.39 is 10.0 Å². The van der Waals surface area contributed by atoms with Gasteiger partial charge in [-0.15, -0.1) is 0 Å². The second-order valence-electron chi connectivity index (χ2n) is 10.2. The van der Waals surface area contributed by atoms with Gasteiger partial charge in [0.25, 0.3) is 0 Å². The van der Waals surface area contributed by atoms with E-state index in [0.29, 0.717) is 24.7 Å². The Kier molecular flexibility index (Phi) is 7.39. The Hall–Kier alpha value is -2.73. The van der Waals surface area contributed by atoms with Crippen molar-refractivity contribution in [1.29, 1.82) is 0 Å². The molecule has 11 heteroatoms. The SMILES string of the molecule is CC1C(=O)N(C)c2ccc(Nc3cccc(S(=O)(=O)NC4CCN(C)CC4)c3)nc2N1C1CCOCC1. The molecule has 0 bridgehead atoms. The highest BCUT2D eigenvalue weighted by Crippen LogP contribution is 2.38. The number of likely N-dealkylation sites (tertiary alicyclic amines) is 1. The van der Waals surface area contributed by atoms with Crippen molar-refractivity contribution in [2.75, 3.05) is 55.5 Å². The highest BCUT2D eigenvalue weighted by molar-refractivity contribution is 7.89. The summed E-state index contributed by atoms with van der Waals surface area (Å²) < 4.78 is 34.6. The molecule has 3 aliphatic heterocycles. The van der Waals surface area contributed by atoms with Gasteiger partial charge in [0.05, 0.1) is 10.6 Å². The average Bonchev–Trinajstić information content (AvgIpc) is 2.89. The van der Waals surface area contributed by atoms with Crippen LogP contribution in [0.25, 0.3) is 0 Å². The molecule has 0 radical (unpaired) electrons. The lowest BCUT2D eigenvalue weighted by atomic mass is 10.0. The zero-order chi connectivity index (χ0) is 26.2. The van der Waals surface area contributed by atoms with Gasteiger partial charge in [-0.25, -0.2) is 18.1 Å². The van der Waals surface area contributed by atoms with E-state index in [9.17, 15) is 13.2 Å². The number of aromatic nitrogens is 1. The van der Waals surface area contributed by atoms with Gasteiger partial charge in [0.1, 0.15) is 11.9 Å². The Morgan fingerprint density at radius 1 is 1.03 bits per heavy atom. The molecule has 0 aliphatic carbocycles. The third kappa shape index (κ3) is 5.45. The first-order valence-electron chi connectivity index (χ1n) is 13.0. The lowest BCUT2D eigenvalue weighted by molar-refractivity contribution is -0.119. The zero-order valence-corrected chi connectivity index (χ0v) is 22.5. The van der Waals surface area contributed by atoms with Crippen LogP contribution in [-0.2, 0) is 19.6 Å². The predicted octanol–water partition coefficient (Wildman–Crippen LogP) is 2.55. The Morgan fingerprint density at radius 2 is 1.76 bits per heavy atom. The van der Waals surface area contributed by atoms with Gasteiger partial charge in [-0.3, -0.25) is 4.79 Å². The molecule has 0 spiro atoms. The van der Waals surface area contributed by atoms with Crippen molar-refractivity contribution in [2.24, 2.45) is 0 Å². The molecular formula is C26H36N6O4S. The van der Waals surface area contributed by atoms with Gasteiger partial charge in [-0.1, -0.05) is 6.07 Å². The fourth-order valence-electron chi connectivity index (χ4n) is 5.42. The summed E-state index contributed by atoms with van der Waals surface area (Å²) in [6.45, 7) is 5.01. The number of fused-ring (bicyclic) bond motifs is 1. The maximum atomic E-state index is 13.1. The predicted molar refractivity (Wildman–Crippen MR) is 144 cm³/mol. The Bertz CT molecular complexity index is 1240. The molecule has 5 rings (SSSR count). The molecular weight excluding hydrogens is 492 g/mol. The van der Waals surface area contributed by atoms with Crippen LogP contribution in [0.2, 0.25) is 0 Å². The Morgan fingerprint density at radius 3 is 2.49 bits per heavy atom. The Labute approximate surface area is 219 Å². The number of nitrogens with zero attached hydrogens (tertiary/aromatic N) is 4. The van der Waals surface area contributed by atoms with Crippen LogP contribution in [0, 0.1) is 0 Å². The summed E-state index contributed by atoms with van der Waals surface area (Å²) in [6.07, 6.45) is 3.27. The van der Waals surface area contributed by atoms with Gasteiger partial charge >= 0.3 is 0 Å². The van der Waals surface area contributed by atoms with E-state index in [4.69, 9.17) is 9.72 Å². The number of pyridine rings is 1. The lowest BCUT2D eigenvalue weighted by Crippen LogP contribution is -2.56. The van der Waals surface area contributed by atoms with E-state index in [1.165, 1.54) is 0 Å². The number of sulfonamides is 1. The van der Waals surface area contributed by atoms with Gasteiger partial charge in [0.2, 0.25) is 15.9 Å². The second-order valence-corrected chi connectivity index (χ2v) is 11.9. The molecule has 10 nitrogen and oxygen atoms in total. The van der Waals surface area contributed by atoms with Crippen molar-refractivity contribution in [2.45, 2.75) is 55.6 Å². The van der Waals surface area contributed by atoms with Gasteiger partial charge < -0.3 is 24.8 Å². The van der Waals surface area contributed by atoms with Crippen LogP contribution in [0.1, 0.15) is 32.6 Å². The van der Waals surface area contributed by atoms with Crippen LogP contribution in [-0.4, -0.2) is 82.7 Å². The summed E-state index contributed by atoms with van der Waals surface area (Å²) in [4.78, 5) is 24.1. The topological polar surface area (TPSA) is 107 Å². The molecule has 3 aliphatic rings. The van der Waals surface area contributed by atoms with Crippen LogP contribution in [0.15, 0.2) is 41.3 Å². The van der Waals surface area contributed by atoms with Gasteiger partial charge in [0, 0.05) is 38.0 Å². The third-order valence-corrected chi connectivity index (χ3v) is 9.13. The summed E-state index contributed by atoms with van der Waals surface area (Å²) in [7, 11) is 0.183. The quantitative estimate of drug-likeness (QED) is 0.589. The fourth-order valence-corrected chi connectivity index (χ4v) is 6.77. The number of carbonyl (C=O) groups excluding carboxylic acids is 1. The first kappa shape index (κ1) is 25.9. The van der Waals surface area contributed by atoms with E-state index in [1.807, 2.05) is 32.2 Å². The van der Waals surface area contributed by atoms with Gasteiger partial charge in [-0.2, -0.15) is 0 Å². The largest absolute Gasteiger partial charge is 0.381 e. The summed E-state index contributed by atoms with van der Waals surface area (Å²) in [5, 5.41) is 3.28. The van der Waals surface area contributed by atoms with Crippen molar-refractivity contribution < 1.29 is 17.9 Å². The summed E-state index contributed by atoms with van der Waals surface area (Å²) in [5.74, 6) is 1.37. The number of hydrogen-bond donors (Lipinski definition) is 2. The molecule has 2 N–H and O–H groups in total. The molecule has 4 heterocycles. The molecule has 2 aromatic rings. The smallest absolute Gasteiger partial charge is 0.249 e. The average molecular weight is 529 g/mol. The van der Waals surface area contributed by atoms with E-state index in [0.717, 1.165) is 50.3 Å². The van der Waals surface area contributed by atoms with E-state index in [1.54, 1.807) is 30.1 Å². The standard InChI is InChI=1S/C26H36N6O4S/c1-18-26(33)31(3)23-7-8-24(28-25(23)32(18)21-11-15-36-16-12-21)27-20-5-4-6-22(17-20)37(34,35)29-19-9-13-30(2)14-10-19/h4-8,17-19,21,29H,9-16H2,1-3H3,(H,27,28). The fraction of sp³-hybridized carbons (Fsp3) is 0.538. The number of hydrogen-bond acceptors (Lipinski definition) is 8. The maximum absolute atomic E-state index is 13.1. The number of rotatable bonds is 6. The highest BCUT2D eigenvalue weighted by atomic mass is 32.2. The number of carbonyl (C=O) groups is 1. The van der Waals surface area contributed by atoms with Crippen molar-refractivity contribution in [3.05, 3.63) is 36.4 Å². The van der Waals surface area contributed by atoms with E-state index in [2.05, 4.69) is 19.8 Å². The van der Waals surface area contributed by atoms with Crippen molar-refractivity contribution in [3.8, 4) is 0 Å². The molecule has 200 valence electrons. The molecule has 1 aromatic heterocycles. The van der Waals surface area contributed by atoms with Gasteiger partial charge in [0.15, 0.2) is 5.82 Å². The van der Waals surface area contributed by atoms with E-state index in [-0.39, 0.29) is 28.9 Å². The number of likely N-dealkylation sites (N-methyl/N-ethyl adjacent to an activating group) is 1. The summed E-state index contributed by atoms with van der Waals surface area (Å²) >= 11 is 0. The minimum Gasteiger partial charge on any atom is -0.381 e. The van der Waals surface area contributed by atoms with Crippen molar-refractivity contribution in [3.63, 3.8) is 0 Å². The maximum Gasteiger partial charge on any atom is 0.249 e. The molecule has 0 saturated carbocycles. The number of benzene rings is 1. The first-order chi connectivity index (χ1) is 17.7. The van der Waals surface area contributed by atoms with Crippen LogP contribution in [0.5, 0.6) is 0 Å². The normalized spacial score (nSPS) is 22.2. The van der Waals surface area contributed by atoms with Crippen LogP contribution < -0.4 is 19.8 Å². The van der Waals surface area contributed by atoms with Crippen molar-refractivity contribution >= 4 is 38.9 Å². The molecule has 2 saturated heterocycles. The lowest BCUT2D eigenvalue weighted by Gasteiger charge is -2.44. The first-order valence-corrected chi connectivity index (χ1v) is 14.4. The number of piperidine rings is 1.